The third-order valence-electron chi connectivity index (χ3n) is 1.98. The van der Waals surface area contributed by atoms with Gasteiger partial charge in [-0.05, 0) is 32.9 Å². The molecule has 0 aromatic carbocycles. The molecule has 0 radical (unpaired) electrons. The molecule has 0 fully saturated rings. The quantitative estimate of drug-likeness (QED) is 0.830. The minimum atomic E-state index is -1.18. The minimum absolute atomic E-state index is 0.0388. The average Bonchev–Trinajstić information content (AvgIpc) is 2.16. The maximum atomic E-state index is 12.6. The molecule has 1 aromatic heterocycles. The van der Waals surface area contributed by atoms with Gasteiger partial charge < -0.3 is 9.84 Å². The highest BCUT2D eigenvalue weighted by Crippen LogP contribution is 2.19. The molecule has 0 bridgehead atoms. The number of nitrogens with zero attached hydrogens (tertiary/aromatic N) is 1. The van der Waals surface area contributed by atoms with Crippen LogP contribution in [0, 0.1) is 5.82 Å². The molecule has 4 heteroatoms. The Morgan fingerprint density at radius 1 is 1.53 bits per heavy atom. The van der Waals surface area contributed by atoms with Gasteiger partial charge in [0.2, 0.25) is 0 Å². The molecule has 0 amide bonds. The first-order valence-corrected chi connectivity index (χ1v) is 4.88. The molecular formula is C11H16FNO2. The summed E-state index contributed by atoms with van der Waals surface area (Å²) >= 11 is 0. The van der Waals surface area contributed by atoms with Crippen molar-refractivity contribution in [3.8, 4) is 0 Å². The van der Waals surface area contributed by atoms with E-state index in [9.17, 15) is 9.50 Å². The fourth-order valence-corrected chi connectivity index (χ4v) is 1.10. The number of rotatable bonds is 4. The Morgan fingerprint density at radius 2 is 2.20 bits per heavy atom. The normalized spacial score (nSPS) is 15.3. The fraction of sp³-hybridized carbons (Fsp3) is 0.545. The topological polar surface area (TPSA) is 42.4 Å². The van der Waals surface area contributed by atoms with Crippen LogP contribution in [0.1, 0.15) is 26.5 Å². The zero-order valence-electron chi connectivity index (χ0n) is 9.20. The number of hydrogen-bond acceptors (Lipinski definition) is 3. The summed E-state index contributed by atoms with van der Waals surface area (Å²) in [5.74, 6) is -0.417. The standard InChI is InChI=1S/C11H16FNO2/c1-8(2)15-7-11(3,14)10-5-4-9(12)6-13-10/h4-6,8,14H,7H2,1-3H3. The molecule has 0 spiro atoms. The second kappa shape index (κ2) is 4.68. The van der Waals surface area contributed by atoms with Gasteiger partial charge in [0, 0.05) is 0 Å². The molecule has 0 aliphatic carbocycles. The van der Waals surface area contributed by atoms with Gasteiger partial charge in [-0.1, -0.05) is 0 Å². The van der Waals surface area contributed by atoms with Gasteiger partial charge in [-0.3, -0.25) is 4.98 Å². The summed E-state index contributed by atoms with van der Waals surface area (Å²) in [4.78, 5) is 3.82. The van der Waals surface area contributed by atoms with Crippen LogP contribution >= 0.6 is 0 Å². The van der Waals surface area contributed by atoms with Crippen molar-refractivity contribution in [2.45, 2.75) is 32.5 Å². The lowest BCUT2D eigenvalue weighted by Crippen LogP contribution is -2.30. The van der Waals surface area contributed by atoms with Crippen molar-refractivity contribution in [2.24, 2.45) is 0 Å². The summed E-state index contributed by atoms with van der Waals surface area (Å²) in [6.07, 6.45) is 1.12. The van der Waals surface area contributed by atoms with Gasteiger partial charge in [0.1, 0.15) is 11.4 Å². The van der Waals surface area contributed by atoms with Crippen LogP contribution in [0.25, 0.3) is 0 Å². The van der Waals surface area contributed by atoms with Crippen LogP contribution in [0.3, 0.4) is 0 Å². The largest absolute Gasteiger partial charge is 0.381 e. The highest BCUT2D eigenvalue weighted by atomic mass is 19.1. The van der Waals surface area contributed by atoms with Crippen molar-refractivity contribution >= 4 is 0 Å². The predicted molar refractivity (Wildman–Crippen MR) is 54.9 cm³/mol. The van der Waals surface area contributed by atoms with Gasteiger partial charge >= 0.3 is 0 Å². The molecule has 0 aliphatic rings. The second-order valence-electron chi connectivity index (χ2n) is 4.00. The summed E-state index contributed by atoms with van der Waals surface area (Å²) in [6.45, 7) is 5.50. The van der Waals surface area contributed by atoms with E-state index in [2.05, 4.69) is 4.98 Å². The number of halogens is 1. The zero-order chi connectivity index (χ0) is 11.5. The van der Waals surface area contributed by atoms with Gasteiger partial charge in [0.15, 0.2) is 0 Å². The smallest absolute Gasteiger partial charge is 0.141 e. The summed E-state index contributed by atoms with van der Waals surface area (Å²) in [5, 5.41) is 10.0. The van der Waals surface area contributed by atoms with Crippen molar-refractivity contribution in [2.75, 3.05) is 6.61 Å². The molecule has 1 aromatic rings. The van der Waals surface area contributed by atoms with Crippen LogP contribution in [0.15, 0.2) is 18.3 Å². The van der Waals surface area contributed by atoms with E-state index in [0.717, 1.165) is 6.20 Å². The molecule has 1 heterocycles. The SMILES string of the molecule is CC(C)OCC(C)(O)c1ccc(F)cn1. The van der Waals surface area contributed by atoms with Crippen LogP contribution in [0.4, 0.5) is 4.39 Å². The number of aromatic nitrogens is 1. The third-order valence-corrected chi connectivity index (χ3v) is 1.98. The molecule has 0 aliphatic heterocycles. The molecule has 3 nitrogen and oxygen atoms in total. The van der Waals surface area contributed by atoms with Gasteiger partial charge in [-0.25, -0.2) is 4.39 Å². The van der Waals surface area contributed by atoms with Gasteiger partial charge in [0.25, 0.3) is 0 Å². The average molecular weight is 213 g/mol. The van der Waals surface area contributed by atoms with Crippen LogP contribution in [-0.2, 0) is 10.3 Å². The molecule has 1 unspecified atom stereocenters. The molecular weight excluding hydrogens is 197 g/mol. The monoisotopic (exact) mass is 213 g/mol. The number of ether oxygens (including phenoxy) is 1. The first-order valence-electron chi connectivity index (χ1n) is 4.88. The molecule has 0 saturated carbocycles. The number of pyridine rings is 1. The minimum Gasteiger partial charge on any atom is -0.381 e. The lowest BCUT2D eigenvalue weighted by Gasteiger charge is -2.23. The summed E-state index contributed by atoms with van der Waals surface area (Å²) in [6, 6.07) is 2.73. The lowest BCUT2D eigenvalue weighted by molar-refractivity contribution is -0.0598. The van der Waals surface area contributed by atoms with Crippen LogP contribution in [0.2, 0.25) is 0 Å². The van der Waals surface area contributed by atoms with Crippen molar-refractivity contribution in [3.63, 3.8) is 0 Å². The first-order chi connectivity index (χ1) is 6.92. The molecule has 0 saturated heterocycles. The molecule has 1 N–H and O–H groups in total. The second-order valence-corrected chi connectivity index (χ2v) is 4.00. The van der Waals surface area contributed by atoms with Crippen molar-refractivity contribution in [1.82, 2.24) is 4.98 Å². The van der Waals surface area contributed by atoms with E-state index in [0.29, 0.717) is 5.69 Å². The lowest BCUT2D eigenvalue weighted by atomic mass is 10.0. The van der Waals surface area contributed by atoms with Gasteiger partial charge in [-0.15, -0.1) is 0 Å². The fourth-order valence-electron chi connectivity index (χ4n) is 1.10. The zero-order valence-corrected chi connectivity index (χ0v) is 9.20. The Kier molecular flexibility index (Phi) is 3.77. The number of aliphatic hydroxyl groups is 1. The molecule has 1 rings (SSSR count). The van der Waals surface area contributed by atoms with E-state index in [-0.39, 0.29) is 12.7 Å². The van der Waals surface area contributed by atoms with E-state index in [4.69, 9.17) is 4.74 Å². The Balaban J connectivity index is 2.72. The van der Waals surface area contributed by atoms with E-state index in [1.54, 1.807) is 6.92 Å². The number of hydrogen-bond donors (Lipinski definition) is 1. The third kappa shape index (κ3) is 3.57. The van der Waals surface area contributed by atoms with Crippen LogP contribution < -0.4 is 0 Å². The van der Waals surface area contributed by atoms with Gasteiger partial charge in [-0.2, -0.15) is 0 Å². The van der Waals surface area contributed by atoms with E-state index in [1.165, 1.54) is 12.1 Å². The van der Waals surface area contributed by atoms with Crippen molar-refractivity contribution in [1.29, 1.82) is 0 Å². The molecule has 15 heavy (non-hydrogen) atoms. The maximum absolute atomic E-state index is 12.6. The van der Waals surface area contributed by atoms with E-state index in [1.807, 2.05) is 13.8 Å². The van der Waals surface area contributed by atoms with Gasteiger partial charge in [0.05, 0.1) is 24.6 Å². The Morgan fingerprint density at radius 3 is 2.67 bits per heavy atom. The summed E-state index contributed by atoms with van der Waals surface area (Å²) < 4.78 is 17.9. The Bertz CT molecular complexity index is 309. The molecule has 84 valence electrons. The summed E-state index contributed by atoms with van der Waals surface area (Å²) in [7, 11) is 0. The Labute approximate surface area is 88.9 Å². The summed E-state index contributed by atoms with van der Waals surface area (Å²) in [5.41, 5.74) is -0.776. The Hall–Kier alpha value is -1.00. The predicted octanol–water partition coefficient (Wildman–Crippen LogP) is 1.85. The van der Waals surface area contributed by atoms with Crippen LogP contribution in [0.5, 0.6) is 0 Å². The van der Waals surface area contributed by atoms with E-state index < -0.39 is 11.4 Å². The van der Waals surface area contributed by atoms with Crippen molar-refractivity contribution < 1.29 is 14.2 Å². The van der Waals surface area contributed by atoms with Crippen LogP contribution in [-0.4, -0.2) is 22.8 Å². The van der Waals surface area contributed by atoms with Crippen molar-refractivity contribution in [3.05, 3.63) is 29.8 Å². The highest BCUT2D eigenvalue weighted by molar-refractivity contribution is 5.12. The first kappa shape index (κ1) is 12.1. The maximum Gasteiger partial charge on any atom is 0.141 e. The van der Waals surface area contributed by atoms with E-state index >= 15 is 0 Å². The highest BCUT2D eigenvalue weighted by Gasteiger charge is 2.25. The molecule has 1 atom stereocenters.